The van der Waals surface area contributed by atoms with Crippen LogP contribution in [0.3, 0.4) is 0 Å². The molecular formula is C22H31N5O3. The SMILES string of the molecule is CCOC(=O)N1CCC(NC(=O)Nc2cccc(Cn3ccnc3C(C)C)c2)CC1. The number of hydrogen-bond donors (Lipinski definition) is 2. The smallest absolute Gasteiger partial charge is 0.409 e. The van der Waals surface area contributed by atoms with Crippen molar-refractivity contribution in [1.29, 1.82) is 0 Å². The highest BCUT2D eigenvalue weighted by Gasteiger charge is 2.24. The summed E-state index contributed by atoms with van der Waals surface area (Å²) < 4.78 is 7.15. The molecule has 1 aliphatic rings. The summed E-state index contributed by atoms with van der Waals surface area (Å²) in [4.78, 5) is 30.3. The molecule has 0 unspecified atom stereocenters. The van der Waals surface area contributed by atoms with E-state index < -0.39 is 0 Å². The first-order valence-electron chi connectivity index (χ1n) is 10.6. The number of ether oxygens (including phenoxy) is 1. The first-order valence-corrected chi connectivity index (χ1v) is 10.6. The summed E-state index contributed by atoms with van der Waals surface area (Å²) in [6.45, 7) is 8.29. The Balaban J connectivity index is 1.51. The van der Waals surface area contributed by atoms with E-state index >= 15 is 0 Å². The van der Waals surface area contributed by atoms with Gasteiger partial charge in [-0.05, 0) is 37.5 Å². The maximum absolute atomic E-state index is 12.4. The van der Waals surface area contributed by atoms with Crippen LogP contribution >= 0.6 is 0 Å². The Morgan fingerprint density at radius 3 is 2.73 bits per heavy atom. The summed E-state index contributed by atoms with van der Waals surface area (Å²) in [5.74, 6) is 1.39. The normalized spacial score (nSPS) is 14.6. The van der Waals surface area contributed by atoms with Crippen molar-refractivity contribution in [1.82, 2.24) is 19.8 Å². The summed E-state index contributed by atoms with van der Waals surface area (Å²) in [5.41, 5.74) is 1.84. The highest BCUT2D eigenvalue weighted by molar-refractivity contribution is 5.89. The number of nitrogens with zero attached hydrogens (tertiary/aromatic N) is 3. The molecule has 0 saturated carbocycles. The Labute approximate surface area is 177 Å². The minimum atomic E-state index is -0.282. The van der Waals surface area contributed by atoms with Crippen LogP contribution in [-0.2, 0) is 11.3 Å². The van der Waals surface area contributed by atoms with E-state index in [0.717, 1.165) is 17.1 Å². The molecule has 1 fully saturated rings. The Kier molecular flexibility index (Phi) is 7.32. The molecule has 0 radical (unpaired) electrons. The Morgan fingerprint density at radius 1 is 1.27 bits per heavy atom. The lowest BCUT2D eigenvalue weighted by atomic mass is 10.1. The molecule has 3 amide bonds. The van der Waals surface area contributed by atoms with Gasteiger partial charge in [-0.3, -0.25) is 0 Å². The molecule has 2 N–H and O–H groups in total. The lowest BCUT2D eigenvalue weighted by molar-refractivity contribution is 0.0959. The fourth-order valence-electron chi connectivity index (χ4n) is 3.67. The number of aromatic nitrogens is 2. The zero-order valence-electron chi connectivity index (χ0n) is 17.9. The largest absolute Gasteiger partial charge is 0.450 e. The number of nitrogens with one attached hydrogen (secondary N) is 2. The van der Waals surface area contributed by atoms with Gasteiger partial charge in [-0.15, -0.1) is 0 Å². The van der Waals surface area contributed by atoms with Crippen LogP contribution in [0, 0.1) is 0 Å². The molecule has 2 aromatic rings. The number of hydrogen-bond acceptors (Lipinski definition) is 4. The number of likely N-dealkylation sites (tertiary alicyclic amines) is 1. The van der Waals surface area contributed by atoms with Gasteiger partial charge >= 0.3 is 12.1 Å². The van der Waals surface area contributed by atoms with Crippen LogP contribution < -0.4 is 10.6 Å². The second kappa shape index (κ2) is 10.1. The second-order valence-electron chi connectivity index (χ2n) is 7.83. The molecule has 0 bridgehead atoms. The van der Waals surface area contributed by atoms with Gasteiger partial charge in [0.1, 0.15) is 5.82 Å². The van der Waals surface area contributed by atoms with Crippen molar-refractivity contribution in [3.05, 3.63) is 48.0 Å². The number of urea groups is 1. The van der Waals surface area contributed by atoms with E-state index in [9.17, 15) is 9.59 Å². The predicted molar refractivity (Wildman–Crippen MR) is 116 cm³/mol. The van der Waals surface area contributed by atoms with Gasteiger partial charge < -0.3 is 24.8 Å². The van der Waals surface area contributed by atoms with Gasteiger partial charge in [-0.25, -0.2) is 14.6 Å². The molecule has 1 aliphatic heterocycles. The quantitative estimate of drug-likeness (QED) is 0.754. The van der Waals surface area contributed by atoms with Crippen molar-refractivity contribution in [3.8, 4) is 0 Å². The number of benzene rings is 1. The van der Waals surface area contributed by atoms with E-state index in [1.54, 1.807) is 11.8 Å². The maximum atomic E-state index is 12.4. The van der Waals surface area contributed by atoms with Crippen LogP contribution in [0.4, 0.5) is 15.3 Å². The Hall–Kier alpha value is -3.03. The highest BCUT2D eigenvalue weighted by atomic mass is 16.6. The highest BCUT2D eigenvalue weighted by Crippen LogP contribution is 2.17. The molecular weight excluding hydrogens is 382 g/mol. The second-order valence-corrected chi connectivity index (χ2v) is 7.83. The van der Waals surface area contributed by atoms with Crippen LogP contribution in [0.2, 0.25) is 0 Å². The number of amides is 3. The minimum absolute atomic E-state index is 0.0402. The van der Waals surface area contributed by atoms with Crippen LogP contribution in [0.5, 0.6) is 0 Å². The number of anilines is 1. The van der Waals surface area contributed by atoms with E-state index in [-0.39, 0.29) is 18.2 Å². The van der Waals surface area contributed by atoms with E-state index in [0.29, 0.717) is 45.0 Å². The van der Waals surface area contributed by atoms with Crippen molar-refractivity contribution in [2.75, 3.05) is 25.0 Å². The monoisotopic (exact) mass is 413 g/mol. The lowest BCUT2D eigenvalue weighted by Gasteiger charge is -2.31. The van der Waals surface area contributed by atoms with Crippen LogP contribution in [-0.4, -0.2) is 52.3 Å². The van der Waals surface area contributed by atoms with Gasteiger partial charge in [-0.2, -0.15) is 0 Å². The van der Waals surface area contributed by atoms with Gasteiger partial charge in [0.15, 0.2) is 0 Å². The van der Waals surface area contributed by atoms with Crippen molar-refractivity contribution in [2.24, 2.45) is 0 Å². The molecule has 3 rings (SSSR count). The number of imidazole rings is 1. The van der Waals surface area contributed by atoms with E-state index in [4.69, 9.17) is 4.74 Å². The molecule has 1 aromatic carbocycles. The number of piperidine rings is 1. The van der Waals surface area contributed by atoms with E-state index in [1.165, 1.54) is 0 Å². The minimum Gasteiger partial charge on any atom is -0.450 e. The van der Waals surface area contributed by atoms with Gasteiger partial charge in [0.05, 0.1) is 6.61 Å². The summed E-state index contributed by atoms with van der Waals surface area (Å²) in [6.07, 6.45) is 4.94. The van der Waals surface area contributed by atoms with Crippen molar-refractivity contribution in [3.63, 3.8) is 0 Å². The molecule has 2 heterocycles. The third-order valence-corrected chi connectivity index (χ3v) is 5.16. The number of carbonyl (C=O) groups is 2. The third kappa shape index (κ3) is 5.75. The topological polar surface area (TPSA) is 88.5 Å². The van der Waals surface area contributed by atoms with Gasteiger partial charge in [-0.1, -0.05) is 26.0 Å². The van der Waals surface area contributed by atoms with Crippen LogP contribution in [0.15, 0.2) is 36.7 Å². The fraction of sp³-hybridized carbons (Fsp3) is 0.500. The maximum Gasteiger partial charge on any atom is 0.409 e. The molecule has 30 heavy (non-hydrogen) atoms. The first kappa shape index (κ1) is 21.7. The number of carbonyl (C=O) groups excluding carboxylic acids is 2. The fourth-order valence-corrected chi connectivity index (χ4v) is 3.67. The zero-order chi connectivity index (χ0) is 21.5. The van der Waals surface area contributed by atoms with Gasteiger partial charge in [0.25, 0.3) is 0 Å². The van der Waals surface area contributed by atoms with Gasteiger partial charge in [0.2, 0.25) is 0 Å². The number of rotatable bonds is 6. The Bertz CT molecular complexity index is 856. The molecule has 0 atom stereocenters. The van der Waals surface area contributed by atoms with Crippen LogP contribution in [0.25, 0.3) is 0 Å². The van der Waals surface area contributed by atoms with E-state index in [2.05, 4.69) is 34.0 Å². The molecule has 1 aromatic heterocycles. The summed E-state index contributed by atoms with van der Waals surface area (Å²) in [6, 6.07) is 7.65. The average molecular weight is 414 g/mol. The molecule has 0 spiro atoms. The molecule has 8 heteroatoms. The Morgan fingerprint density at radius 2 is 2.03 bits per heavy atom. The zero-order valence-corrected chi connectivity index (χ0v) is 17.9. The molecule has 1 saturated heterocycles. The first-order chi connectivity index (χ1) is 14.5. The van der Waals surface area contributed by atoms with Gasteiger partial charge in [0, 0.05) is 49.7 Å². The van der Waals surface area contributed by atoms with Crippen molar-refractivity contribution >= 4 is 17.8 Å². The predicted octanol–water partition coefficient (Wildman–Crippen LogP) is 3.80. The average Bonchev–Trinajstić information content (AvgIpc) is 3.17. The molecule has 8 nitrogen and oxygen atoms in total. The summed E-state index contributed by atoms with van der Waals surface area (Å²) >= 11 is 0. The van der Waals surface area contributed by atoms with Crippen molar-refractivity contribution < 1.29 is 14.3 Å². The summed E-state index contributed by atoms with van der Waals surface area (Å²) in [5, 5.41) is 5.92. The van der Waals surface area contributed by atoms with Crippen molar-refractivity contribution in [2.45, 2.75) is 52.1 Å². The molecule has 162 valence electrons. The summed E-state index contributed by atoms with van der Waals surface area (Å²) in [7, 11) is 0. The molecule has 0 aliphatic carbocycles. The van der Waals surface area contributed by atoms with Crippen LogP contribution in [0.1, 0.15) is 50.9 Å². The third-order valence-electron chi connectivity index (χ3n) is 5.16. The van der Waals surface area contributed by atoms with E-state index in [1.807, 2.05) is 36.7 Å². The standard InChI is InChI=1S/C22H31N5O3/c1-4-30-22(29)26-11-8-18(9-12-26)24-21(28)25-19-7-5-6-17(14-19)15-27-13-10-23-20(27)16(2)3/h5-7,10,13-14,16,18H,4,8-9,11-12,15H2,1-3H3,(H2,24,25,28). The lowest BCUT2D eigenvalue weighted by Crippen LogP contribution is -2.47.